The molecule has 0 amide bonds. The largest absolute Gasteiger partial charge is 0.456 e. The van der Waals surface area contributed by atoms with Crippen molar-refractivity contribution in [2.24, 2.45) is 0 Å². The number of rotatable bonds is 3. The first kappa shape index (κ1) is 30.7. The van der Waals surface area contributed by atoms with Crippen LogP contribution in [0.2, 0.25) is 0 Å². The number of fused-ring (bicyclic) bond motifs is 13. The predicted octanol–water partition coefficient (Wildman–Crippen LogP) is 14.0. The monoisotopic (exact) mass is 683 g/mol. The molecule has 3 aliphatic rings. The summed E-state index contributed by atoms with van der Waals surface area (Å²) in [6, 6.07) is 52.1. The third-order valence-electron chi connectivity index (χ3n) is 13.1. The van der Waals surface area contributed by atoms with Crippen molar-refractivity contribution in [3.05, 3.63) is 173 Å². The number of nitrogens with zero attached hydrogens (tertiary/aromatic N) is 1. The van der Waals surface area contributed by atoms with E-state index in [2.05, 4.69) is 186 Å². The lowest BCUT2D eigenvalue weighted by molar-refractivity contribution is 0.656. The maximum absolute atomic E-state index is 6.79. The summed E-state index contributed by atoms with van der Waals surface area (Å²) in [5, 5.41) is 2.34. The number of benzene rings is 7. The Bertz CT molecular complexity index is 2880. The average molecular weight is 684 g/mol. The summed E-state index contributed by atoms with van der Waals surface area (Å²) < 4.78 is 6.79. The first-order valence-corrected chi connectivity index (χ1v) is 18.9. The fraction of sp³-hybridized carbons (Fsp3) is 0.176. The molecule has 0 N–H and O–H groups in total. The van der Waals surface area contributed by atoms with Crippen LogP contribution in [0.25, 0.3) is 55.3 Å². The van der Waals surface area contributed by atoms with Crippen molar-refractivity contribution in [1.82, 2.24) is 0 Å². The van der Waals surface area contributed by atoms with E-state index in [0.717, 1.165) is 33.6 Å². The van der Waals surface area contributed by atoms with E-state index in [9.17, 15) is 0 Å². The quantitative estimate of drug-likeness (QED) is 0.184. The Morgan fingerprint density at radius 3 is 1.62 bits per heavy atom. The molecule has 0 saturated carbocycles. The van der Waals surface area contributed by atoms with Crippen molar-refractivity contribution < 1.29 is 4.42 Å². The summed E-state index contributed by atoms with van der Waals surface area (Å²) in [5.74, 6) is 0. The van der Waals surface area contributed by atoms with Crippen LogP contribution in [0, 0.1) is 0 Å². The van der Waals surface area contributed by atoms with Gasteiger partial charge in [0.05, 0.1) is 11.1 Å². The van der Waals surface area contributed by atoms with Gasteiger partial charge >= 0.3 is 0 Å². The summed E-state index contributed by atoms with van der Waals surface area (Å²) in [6.07, 6.45) is 0. The van der Waals surface area contributed by atoms with Crippen molar-refractivity contribution in [3.63, 3.8) is 0 Å². The van der Waals surface area contributed by atoms with Crippen LogP contribution < -0.4 is 4.90 Å². The maximum atomic E-state index is 6.79. The molecule has 53 heavy (non-hydrogen) atoms. The summed E-state index contributed by atoms with van der Waals surface area (Å²) in [7, 11) is 0. The number of hydrogen-bond acceptors (Lipinski definition) is 2. The second-order valence-corrected chi connectivity index (χ2v) is 16.9. The van der Waals surface area contributed by atoms with Crippen molar-refractivity contribution in [2.45, 2.75) is 57.8 Å². The zero-order chi connectivity index (χ0) is 36.0. The normalized spacial score (nSPS) is 16.2. The van der Waals surface area contributed by atoms with Gasteiger partial charge in [-0.25, -0.2) is 0 Å². The van der Waals surface area contributed by atoms with Crippen LogP contribution in [0.5, 0.6) is 0 Å². The van der Waals surface area contributed by atoms with Gasteiger partial charge in [-0.05, 0) is 109 Å². The fourth-order valence-corrected chi connectivity index (χ4v) is 10.4. The lowest BCUT2D eigenvalue weighted by Crippen LogP contribution is -2.17. The molecular weight excluding hydrogens is 643 g/mol. The molecular formula is C51H41NO. The van der Waals surface area contributed by atoms with Gasteiger partial charge in [0.1, 0.15) is 11.2 Å². The van der Waals surface area contributed by atoms with Gasteiger partial charge < -0.3 is 9.32 Å². The van der Waals surface area contributed by atoms with E-state index in [1.165, 1.54) is 72.1 Å². The molecule has 8 aromatic rings. The van der Waals surface area contributed by atoms with E-state index < -0.39 is 0 Å². The van der Waals surface area contributed by atoms with Gasteiger partial charge in [0.15, 0.2) is 0 Å². The van der Waals surface area contributed by atoms with Gasteiger partial charge in [0, 0.05) is 33.0 Å². The van der Waals surface area contributed by atoms with Crippen LogP contribution in [0.4, 0.5) is 17.1 Å². The summed E-state index contributed by atoms with van der Waals surface area (Å²) in [5.41, 5.74) is 21.0. The number of hydrogen-bond donors (Lipinski definition) is 0. The highest BCUT2D eigenvalue weighted by atomic mass is 16.3. The third-order valence-corrected chi connectivity index (χ3v) is 13.1. The molecule has 0 radical (unpaired) electrons. The molecule has 0 bridgehead atoms. The molecule has 0 atom stereocenters. The molecule has 256 valence electrons. The Balaban J connectivity index is 1.22. The van der Waals surface area contributed by atoms with Crippen molar-refractivity contribution in [1.29, 1.82) is 0 Å². The molecule has 1 aromatic heterocycles. The average Bonchev–Trinajstić information content (AvgIpc) is 3.81. The summed E-state index contributed by atoms with van der Waals surface area (Å²) in [4.78, 5) is 2.50. The first-order chi connectivity index (χ1) is 25.6. The molecule has 2 nitrogen and oxygen atoms in total. The summed E-state index contributed by atoms with van der Waals surface area (Å²) in [6.45, 7) is 14.2. The van der Waals surface area contributed by atoms with Gasteiger partial charge in [-0.3, -0.25) is 0 Å². The molecule has 3 aliphatic carbocycles. The van der Waals surface area contributed by atoms with Crippen LogP contribution in [-0.4, -0.2) is 0 Å². The van der Waals surface area contributed by atoms with Crippen LogP contribution >= 0.6 is 0 Å². The second kappa shape index (κ2) is 10.2. The Hall–Kier alpha value is -5.86. The molecule has 1 heterocycles. The van der Waals surface area contributed by atoms with Crippen molar-refractivity contribution in [3.8, 4) is 33.4 Å². The van der Waals surface area contributed by atoms with E-state index in [-0.39, 0.29) is 16.2 Å². The van der Waals surface area contributed by atoms with Gasteiger partial charge in [-0.2, -0.15) is 0 Å². The van der Waals surface area contributed by atoms with Crippen LogP contribution in [0.1, 0.15) is 74.9 Å². The molecule has 0 aliphatic heterocycles. The van der Waals surface area contributed by atoms with Crippen molar-refractivity contribution >= 4 is 39.0 Å². The van der Waals surface area contributed by atoms with Crippen LogP contribution in [0.15, 0.2) is 144 Å². The third kappa shape index (κ3) is 3.88. The first-order valence-electron chi connectivity index (χ1n) is 18.9. The van der Waals surface area contributed by atoms with E-state index in [4.69, 9.17) is 4.42 Å². The minimum atomic E-state index is -0.126. The molecule has 2 heteroatoms. The molecule has 0 saturated heterocycles. The zero-order valence-electron chi connectivity index (χ0n) is 31.1. The van der Waals surface area contributed by atoms with Crippen molar-refractivity contribution in [2.75, 3.05) is 4.90 Å². The number of furan rings is 1. The smallest absolute Gasteiger partial charge is 0.137 e. The predicted molar refractivity (Wildman–Crippen MR) is 221 cm³/mol. The summed E-state index contributed by atoms with van der Waals surface area (Å²) >= 11 is 0. The minimum absolute atomic E-state index is 0.0693. The Morgan fingerprint density at radius 2 is 0.887 bits per heavy atom. The van der Waals surface area contributed by atoms with E-state index >= 15 is 0 Å². The Labute approximate surface area is 311 Å². The molecule has 7 aromatic carbocycles. The molecule has 11 rings (SSSR count). The standard InChI is InChI=1S/C51H41NO/c1-49(2)38-18-11-8-15-33(38)36-28-30(23-25-40(36)49)52(31-22-24-34-32-14-7-10-17-37(32)51(5,6)42(34)29-31)43-20-13-21-44-47(43)48-45(53-44)27-26-41-46(48)35-16-9-12-19-39(35)50(41,3)4/h7-29H,1-6H3. The second-order valence-electron chi connectivity index (χ2n) is 16.9. The van der Waals surface area contributed by atoms with Gasteiger partial charge in [0.25, 0.3) is 0 Å². The highest BCUT2D eigenvalue weighted by Gasteiger charge is 2.40. The Morgan fingerprint density at radius 1 is 0.377 bits per heavy atom. The van der Waals surface area contributed by atoms with E-state index in [1.807, 2.05) is 0 Å². The van der Waals surface area contributed by atoms with Crippen LogP contribution in [-0.2, 0) is 16.2 Å². The van der Waals surface area contributed by atoms with Gasteiger partial charge in [-0.1, -0.05) is 139 Å². The topological polar surface area (TPSA) is 16.4 Å². The zero-order valence-corrected chi connectivity index (χ0v) is 31.1. The van der Waals surface area contributed by atoms with Gasteiger partial charge in [-0.15, -0.1) is 0 Å². The fourth-order valence-electron chi connectivity index (χ4n) is 10.4. The molecule has 0 spiro atoms. The number of anilines is 3. The SMILES string of the molecule is CC1(C)c2ccccc2-c2cc(N(c3ccc4c(c3)C(C)(C)c3ccccc3-4)c3cccc4oc5ccc6c(c5c34)-c3ccccc3C6(C)C)ccc21. The lowest BCUT2D eigenvalue weighted by atomic mass is 9.82. The van der Waals surface area contributed by atoms with E-state index in [1.54, 1.807) is 0 Å². The highest BCUT2D eigenvalue weighted by Crippen LogP contribution is 2.57. The highest BCUT2D eigenvalue weighted by molar-refractivity contribution is 6.20. The molecule has 0 unspecified atom stereocenters. The van der Waals surface area contributed by atoms with Gasteiger partial charge in [0.2, 0.25) is 0 Å². The van der Waals surface area contributed by atoms with Crippen LogP contribution in [0.3, 0.4) is 0 Å². The molecule has 0 fully saturated rings. The maximum Gasteiger partial charge on any atom is 0.137 e. The lowest BCUT2D eigenvalue weighted by Gasteiger charge is -2.29. The Kier molecular flexibility index (Phi) is 5.90. The minimum Gasteiger partial charge on any atom is -0.456 e. The van der Waals surface area contributed by atoms with E-state index in [0.29, 0.717) is 0 Å².